The molecule has 0 saturated heterocycles. The van der Waals surface area contributed by atoms with Crippen molar-refractivity contribution in [1.82, 2.24) is 0 Å². The molecule has 0 saturated carbocycles. The summed E-state index contributed by atoms with van der Waals surface area (Å²) in [5.41, 5.74) is 0.622. The topological polar surface area (TPSA) is 55.8 Å². The Morgan fingerprint density at radius 2 is 1.90 bits per heavy atom. The summed E-state index contributed by atoms with van der Waals surface area (Å²) in [7, 11) is 1.59. The number of ether oxygens (including phenoxy) is 2. The van der Waals surface area contributed by atoms with E-state index in [1.165, 1.54) is 0 Å². The molecule has 0 aliphatic rings. The third-order valence-electron chi connectivity index (χ3n) is 3.30. The maximum atomic E-state index is 11.7. The monoisotopic (exact) mass is 286 g/mol. The second-order valence-corrected chi connectivity index (χ2v) is 4.55. The first-order valence-electron chi connectivity index (χ1n) is 6.69. The van der Waals surface area contributed by atoms with Gasteiger partial charge in [-0.2, -0.15) is 0 Å². The highest BCUT2D eigenvalue weighted by Gasteiger charge is 2.21. The molecular weight excluding hydrogens is 268 g/mol. The van der Waals surface area contributed by atoms with E-state index in [9.17, 15) is 9.90 Å². The molecule has 0 fully saturated rings. The Morgan fingerprint density at radius 3 is 2.52 bits per heavy atom. The molecule has 2 aromatic carbocycles. The predicted molar refractivity (Wildman–Crippen MR) is 81.2 cm³/mol. The number of methoxy groups -OCH3 is 1. The number of fused-ring (bicyclic) bond motifs is 1. The number of hydrogen-bond acceptors (Lipinski definition) is 4. The molecule has 21 heavy (non-hydrogen) atoms. The van der Waals surface area contributed by atoms with Gasteiger partial charge in [-0.15, -0.1) is 0 Å². The zero-order valence-corrected chi connectivity index (χ0v) is 12.1. The summed E-state index contributed by atoms with van der Waals surface area (Å²) in [5, 5.41) is 12.1. The summed E-state index contributed by atoms with van der Waals surface area (Å²) in [4.78, 5) is 11.7. The lowest BCUT2D eigenvalue weighted by atomic mass is 9.96. The van der Waals surface area contributed by atoms with Gasteiger partial charge in [-0.1, -0.05) is 36.9 Å². The number of rotatable bonds is 5. The number of hydrogen-bond donors (Lipinski definition) is 1. The van der Waals surface area contributed by atoms with Gasteiger partial charge in [-0.05, 0) is 23.9 Å². The van der Waals surface area contributed by atoms with E-state index in [0.29, 0.717) is 11.3 Å². The number of esters is 1. The molecule has 1 unspecified atom stereocenters. The summed E-state index contributed by atoms with van der Waals surface area (Å²) in [6.45, 7) is 5.60. The molecule has 0 amide bonds. The van der Waals surface area contributed by atoms with E-state index in [-0.39, 0.29) is 12.2 Å². The van der Waals surface area contributed by atoms with Crippen molar-refractivity contribution in [2.75, 3.05) is 13.7 Å². The number of aliphatic hydroxyl groups excluding tert-OH is 1. The van der Waals surface area contributed by atoms with Crippen LogP contribution in [-0.4, -0.2) is 24.8 Å². The zero-order chi connectivity index (χ0) is 15.4. The SMILES string of the molecule is C=C(C(=O)OCC)C(O)c1ccc(OC)c2ccccc12. The van der Waals surface area contributed by atoms with Gasteiger partial charge in [0.05, 0.1) is 19.3 Å². The third-order valence-corrected chi connectivity index (χ3v) is 3.30. The first-order valence-corrected chi connectivity index (χ1v) is 6.69. The van der Waals surface area contributed by atoms with Gasteiger partial charge < -0.3 is 14.6 Å². The van der Waals surface area contributed by atoms with Crippen molar-refractivity contribution in [3.63, 3.8) is 0 Å². The van der Waals surface area contributed by atoms with Crippen LogP contribution in [0.3, 0.4) is 0 Å². The van der Waals surface area contributed by atoms with Crippen LogP contribution in [0.15, 0.2) is 48.6 Å². The maximum Gasteiger partial charge on any atom is 0.336 e. The van der Waals surface area contributed by atoms with Crippen molar-refractivity contribution >= 4 is 16.7 Å². The molecule has 0 heterocycles. The summed E-state index contributed by atoms with van der Waals surface area (Å²) in [5.74, 6) is 0.119. The summed E-state index contributed by atoms with van der Waals surface area (Å²) in [6, 6.07) is 11.0. The molecule has 2 rings (SSSR count). The fourth-order valence-corrected chi connectivity index (χ4v) is 2.23. The van der Waals surface area contributed by atoms with E-state index in [1.807, 2.05) is 24.3 Å². The Balaban J connectivity index is 2.47. The molecule has 0 bridgehead atoms. The van der Waals surface area contributed by atoms with Crippen molar-refractivity contribution in [3.8, 4) is 5.75 Å². The second kappa shape index (κ2) is 6.41. The van der Waals surface area contributed by atoms with Crippen LogP contribution in [0.5, 0.6) is 5.75 Å². The molecule has 4 nitrogen and oxygen atoms in total. The molecule has 2 aromatic rings. The Kier molecular flexibility index (Phi) is 4.60. The highest BCUT2D eigenvalue weighted by molar-refractivity contribution is 5.94. The number of aliphatic hydroxyl groups is 1. The van der Waals surface area contributed by atoms with Crippen LogP contribution < -0.4 is 4.74 Å². The molecule has 0 aromatic heterocycles. The third kappa shape index (κ3) is 2.90. The van der Waals surface area contributed by atoms with E-state index in [2.05, 4.69) is 6.58 Å². The quantitative estimate of drug-likeness (QED) is 0.678. The minimum absolute atomic E-state index is 0.0205. The van der Waals surface area contributed by atoms with Crippen LogP contribution in [-0.2, 0) is 9.53 Å². The molecule has 1 N–H and O–H groups in total. The van der Waals surface area contributed by atoms with E-state index >= 15 is 0 Å². The number of carbonyl (C=O) groups excluding carboxylic acids is 1. The average molecular weight is 286 g/mol. The van der Waals surface area contributed by atoms with Gasteiger partial charge in [0, 0.05) is 5.39 Å². The minimum atomic E-state index is -1.11. The zero-order valence-electron chi connectivity index (χ0n) is 12.1. The normalized spacial score (nSPS) is 12.0. The van der Waals surface area contributed by atoms with E-state index in [4.69, 9.17) is 9.47 Å². The molecule has 0 spiro atoms. The fraction of sp³-hybridized carbons (Fsp3) is 0.235. The van der Waals surface area contributed by atoms with Crippen LogP contribution in [0.4, 0.5) is 0 Å². The first kappa shape index (κ1) is 15.1. The summed E-state index contributed by atoms with van der Waals surface area (Å²) >= 11 is 0. The highest BCUT2D eigenvalue weighted by Crippen LogP contribution is 2.33. The van der Waals surface area contributed by atoms with Crippen molar-refractivity contribution < 1.29 is 19.4 Å². The minimum Gasteiger partial charge on any atom is -0.496 e. The summed E-state index contributed by atoms with van der Waals surface area (Å²) in [6.07, 6.45) is -1.11. The van der Waals surface area contributed by atoms with Crippen LogP contribution >= 0.6 is 0 Å². The molecule has 0 radical (unpaired) electrons. The fourth-order valence-electron chi connectivity index (χ4n) is 2.23. The molecule has 0 aliphatic heterocycles. The highest BCUT2D eigenvalue weighted by atomic mass is 16.5. The van der Waals surface area contributed by atoms with Gasteiger partial charge in [0.1, 0.15) is 11.9 Å². The van der Waals surface area contributed by atoms with E-state index in [1.54, 1.807) is 26.2 Å². The van der Waals surface area contributed by atoms with Gasteiger partial charge in [0.2, 0.25) is 0 Å². The van der Waals surface area contributed by atoms with Crippen molar-refractivity contribution in [2.45, 2.75) is 13.0 Å². The molecule has 0 aliphatic carbocycles. The number of carbonyl (C=O) groups is 1. The van der Waals surface area contributed by atoms with Gasteiger partial charge in [0.15, 0.2) is 0 Å². The molecular formula is C17H18O4. The second-order valence-electron chi connectivity index (χ2n) is 4.55. The van der Waals surface area contributed by atoms with Crippen LogP contribution in [0.1, 0.15) is 18.6 Å². The van der Waals surface area contributed by atoms with Crippen LogP contribution in [0, 0.1) is 0 Å². The largest absolute Gasteiger partial charge is 0.496 e. The van der Waals surface area contributed by atoms with Crippen molar-refractivity contribution in [1.29, 1.82) is 0 Å². The Bertz CT molecular complexity index is 676. The molecule has 4 heteroatoms. The smallest absolute Gasteiger partial charge is 0.336 e. The molecule has 1 atom stereocenters. The van der Waals surface area contributed by atoms with Crippen LogP contribution in [0.25, 0.3) is 10.8 Å². The van der Waals surface area contributed by atoms with Gasteiger partial charge >= 0.3 is 5.97 Å². The lowest BCUT2D eigenvalue weighted by Crippen LogP contribution is -2.14. The standard InChI is InChI=1S/C17H18O4/c1-4-21-17(19)11(2)16(18)14-9-10-15(20-3)13-8-6-5-7-12(13)14/h5-10,16,18H,2,4H2,1,3H3. The maximum absolute atomic E-state index is 11.7. The summed E-state index contributed by atoms with van der Waals surface area (Å²) < 4.78 is 10.2. The average Bonchev–Trinajstić information content (AvgIpc) is 2.52. The first-order chi connectivity index (χ1) is 10.1. The van der Waals surface area contributed by atoms with E-state index < -0.39 is 12.1 Å². The Hall–Kier alpha value is -2.33. The lowest BCUT2D eigenvalue weighted by Gasteiger charge is -2.16. The Morgan fingerprint density at radius 1 is 1.24 bits per heavy atom. The van der Waals surface area contributed by atoms with Gasteiger partial charge in [0.25, 0.3) is 0 Å². The Labute approximate surface area is 123 Å². The van der Waals surface area contributed by atoms with E-state index in [0.717, 1.165) is 10.8 Å². The van der Waals surface area contributed by atoms with Crippen molar-refractivity contribution in [2.24, 2.45) is 0 Å². The van der Waals surface area contributed by atoms with Crippen LogP contribution in [0.2, 0.25) is 0 Å². The molecule has 110 valence electrons. The van der Waals surface area contributed by atoms with Gasteiger partial charge in [-0.25, -0.2) is 4.79 Å². The number of benzene rings is 2. The lowest BCUT2D eigenvalue weighted by molar-refractivity contribution is -0.139. The van der Waals surface area contributed by atoms with Crippen molar-refractivity contribution in [3.05, 3.63) is 54.1 Å². The predicted octanol–water partition coefficient (Wildman–Crippen LogP) is 3.00. The van der Waals surface area contributed by atoms with Gasteiger partial charge in [-0.3, -0.25) is 0 Å².